The molecular weight excluding hydrogens is 528 g/mol. The minimum Gasteiger partial charge on any atom is -0.462 e. The molecule has 4 rings (SSSR count). The molecule has 0 bridgehead atoms. The van der Waals surface area contributed by atoms with E-state index in [1.807, 2.05) is 35.7 Å². The van der Waals surface area contributed by atoms with Gasteiger partial charge in [0.25, 0.3) is 0 Å². The van der Waals surface area contributed by atoms with E-state index in [0.29, 0.717) is 28.6 Å². The summed E-state index contributed by atoms with van der Waals surface area (Å²) in [4.78, 5) is 30.2. The summed E-state index contributed by atoms with van der Waals surface area (Å²) in [6.45, 7) is 0. The standard InChI is InChI=1S/C26H26N4O6S2/c1-35-26(32)29-21(15-17-6-3-2-4-7-17)24(31)27-20(14-18-9-11-19(12-10-18)30-38(33)34)22-16-37-25(28-22)23-8-5-13-36-23/h2-13,16,20-21,38H,14-15H2,1H3,(H,27,31)(H,29,32)(H,30,33,34)/t20-,21-/m0/s1. The fraction of sp³-hybridized carbons (Fsp3) is 0.192. The molecule has 0 radical (unpaired) electrons. The largest absolute Gasteiger partial charge is 0.462 e. The van der Waals surface area contributed by atoms with E-state index in [1.165, 1.54) is 18.4 Å². The van der Waals surface area contributed by atoms with Crippen LogP contribution in [-0.4, -0.2) is 38.6 Å². The molecule has 2 heterocycles. The SMILES string of the molecule is COC(=O)N[C@@H](Cc1ccccc1)C(=O)N[C@@H](Cc1ccc(N[SH](=O)=O)cc1)c1csc(-c2ccco2)n1. The number of methoxy groups -OCH3 is 1. The maximum absolute atomic E-state index is 13.5. The van der Waals surface area contributed by atoms with Crippen molar-refractivity contribution in [1.82, 2.24) is 15.6 Å². The van der Waals surface area contributed by atoms with Crippen molar-refractivity contribution in [3.05, 3.63) is 95.2 Å². The van der Waals surface area contributed by atoms with Crippen LogP contribution in [0.25, 0.3) is 10.8 Å². The molecule has 4 aromatic rings. The van der Waals surface area contributed by atoms with Crippen molar-refractivity contribution in [3.63, 3.8) is 0 Å². The number of furan rings is 1. The van der Waals surface area contributed by atoms with Crippen LogP contribution < -0.4 is 15.4 Å². The first-order valence-corrected chi connectivity index (χ1v) is 13.6. The lowest BCUT2D eigenvalue weighted by molar-refractivity contribution is -0.123. The maximum atomic E-state index is 13.5. The second kappa shape index (κ2) is 12.9. The van der Waals surface area contributed by atoms with E-state index in [4.69, 9.17) is 9.15 Å². The van der Waals surface area contributed by atoms with Crippen LogP contribution in [-0.2, 0) is 33.3 Å². The Kier molecular flexibility index (Phi) is 9.11. The average Bonchev–Trinajstić information content (AvgIpc) is 3.62. The molecule has 38 heavy (non-hydrogen) atoms. The lowest BCUT2D eigenvalue weighted by atomic mass is 10.0. The number of amides is 2. The van der Waals surface area contributed by atoms with E-state index in [-0.39, 0.29) is 6.42 Å². The van der Waals surface area contributed by atoms with Gasteiger partial charge in [0.15, 0.2) is 10.8 Å². The predicted octanol–water partition coefficient (Wildman–Crippen LogP) is 3.71. The number of rotatable bonds is 11. The van der Waals surface area contributed by atoms with Crippen molar-refractivity contribution in [2.75, 3.05) is 11.8 Å². The number of benzene rings is 2. The molecule has 0 saturated heterocycles. The van der Waals surface area contributed by atoms with Gasteiger partial charge in [-0.2, -0.15) is 0 Å². The highest BCUT2D eigenvalue weighted by Gasteiger charge is 2.26. The Balaban J connectivity index is 1.59. The van der Waals surface area contributed by atoms with E-state index < -0.39 is 35.0 Å². The second-order valence-electron chi connectivity index (χ2n) is 8.26. The van der Waals surface area contributed by atoms with Crippen molar-refractivity contribution in [2.45, 2.75) is 24.9 Å². The smallest absolute Gasteiger partial charge is 0.407 e. The first-order valence-electron chi connectivity index (χ1n) is 11.6. The van der Waals surface area contributed by atoms with Crippen LogP contribution in [0.15, 0.2) is 82.8 Å². The number of aromatic nitrogens is 1. The topological polar surface area (TPSA) is 140 Å². The third-order valence-electron chi connectivity index (χ3n) is 5.62. The molecule has 12 heteroatoms. The van der Waals surface area contributed by atoms with Crippen LogP contribution in [0.2, 0.25) is 0 Å². The van der Waals surface area contributed by atoms with E-state index in [9.17, 15) is 18.0 Å². The fourth-order valence-electron chi connectivity index (χ4n) is 3.78. The Morgan fingerprint density at radius 3 is 2.37 bits per heavy atom. The summed E-state index contributed by atoms with van der Waals surface area (Å²) in [5.41, 5.74) is 2.77. The number of thiazole rings is 1. The molecule has 198 valence electrons. The van der Waals surface area contributed by atoms with E-state index in [1.54, 1.807) is 42.7 Å². The molecule has 2 aromatic carbocycles. The summed E-state index contributed by atoms with van der Waals surface area (Å²) in [6.07, 6.45) is 1.48. The van der Waals surface area contributed by atoms with Crippen LogP contribution in [0.3, 0.4) is 0 Å². The van der Waals surface area contributed by atoms with Gasteiger partial charge in [0.1, 0.15) is 6.04 Å². The van der Waals surface area contributed by atoms with Crippen LogP contribution in [0.4, 0.5) is 10.5 Å². The van der Waals surface area contributed by atoms with Crippen molar-refractivity contribution in [3.8, 4) is 10.8 Å². The van der Waals surface area contributed by atoms with Gasteiger partial charge in [-0.1, -0.05) is 42.5 Å². The molecule has 0 aliphatic carbocycles. The number of thiol groups is 1. The minimum absolute atomic E-state index is 0.261. The molecule has 2 atom stereocenters. The Hall–Kier alpha value is -4.16. The van der Waals surface area contributed by atoms with E-state index >= 15 is 0 Å². The number of carbonyl (C=O) groups excluding carboxylic acids is 2. The summed E-state index contributed by atoms with van der Waals surface area (Å²) < 4.78 is 34.4. The molecule has 0 spiro atoms. The van der Waals surface area contributed by atoms with E-state index in [0.717, 1.165) is 11.1 Å². The van der Waals surface area contributed by atoms with Crippen LogP contribution >= 0.6 is 11.3 Å². The number of ether oxygens (including phenoxy) is 1. The normalized spacial score (nSPS) is 12.5. The zero-order valence-electron chi connectivity index (χ0n) is 20.3. The number of alkyl carbamates (subject to hydrolysis) is 1. The van der Waals surface area contributed by atoms with Gasteiger partial charge in [0.2, 0.25) is 16.8 Å². The van der Waals surface area contributed by atoms with Crippen LogP contribution in [0.5, 0.6) is 0 Å². The molecule has 0 saturated carbocycles. The molecule has 0 aliphatic heterocycles. The van der Waals surface area contributed by atoms with E-state index in [2.05, 4.69) is 20.3 Å². The van der Waals surface area contributed by atoms with Crippen molar-refractivity contribution >= 4 is 39.9 Å². The van der Waals surface area contributed by atoms with Crippen molar-refractivity contribution < 1.29 is 27.2 Å². The highest BCUT2D eigenvalue weighted by atomic mass is 32.2. The number of hydrogen-bond acceptors (Lipinski definition) is 8. The Morgan fingerprint density at radius 1 is 0.974 bits per heavy atom. The van der Waals surface area contributed by atoms with Gasteiger partial charge >= 0.3 is 6.09 Å². The molecule has 0 aliphatic rings. The number of nitrogens with zero attached hydrogens (tertiary/aromatic N) is 1. The Morgan fingerprint density at radius 2 is 1.71 bits per heavy atom. The fourth-order valence-corrected chi connectivity index (χ4v) is 4.98. The molecule has 2 amide bonds. The number of hydrogen-bond donors (Lipinski definition) is 4. The van der Waals surface area contributed by atoms with Crippen molar-refractivity contribution in [2.24, 2.45) is 0 Å². The monoisotopic (exact) mass is 554 g/mol. The van der Waals surface area contributed by atoms with Gasteiger partial charge in [0.05, 0.1) is 25.1 Å². The lowest BCUT2D eigenvalue weighted by Gasteiger charge is -2.23. The summed E-state index contributed by atoms with van der Waals surface area (Å²) in [5.74, 6) is 0.209. The minimum atomic E-state index is -2.77. The van der Waals surface area contributed by atoms with Gasteiger partial charge in [-0.3, -0.25) is 9.52 Å². The van der Waals surface area contributed by atoms with Crippen molar-refractivity contribution in [1.29, 1.82) is 0 Å². The average molecular weight is 555 g/mol. The van der Waals surface area contributed by atoms with Gasteiger partial charge in [0, 0.05) is 17.5 Å². The molecule has 0 fully saturated rings. The molecular formula is C26H26N4O6S2. The lowest BCUT2D eigenvalue weighted by Crippen LogP contribution is -2.49. The highest BCUT2D eigenvalue weighted by molar-refractivity contribution is 7.73. The molecule has 3 N–H and O–H groups in total. The summed E-state index contributed by atoms with van der Waals surface area (Å²) in [6, 6.07) is 18.3. The molecule has 10 nitrogen and oxygen atoms in total. The van der Waals surface area contributed by atoms with Gasteiger partial charge < -0.3 is 19.8 Å². The predicted molar refractivity (Wildman–Crippen MR) is 144 cm³/mol. The first kappa shape index (κ1) is 26.9. The number of nitrogens with one attached hydrogen (secondary N) is 3. The third-order valence-corrected chi connectivity index (χ3v) is 6.93. The van der Waals surface area contributed by atoms with Gasteiger partial charge in [-0.05, 0) is 41.8 Å². The maximum Gasteiger partial charge on any atom is 0.407 e. The van der Waals surface area contributed by atoms with Crippen LogP contribution in [0.1, 0.15) is 22.9 Å². The Bertz CT molecular complexity index is 1410. The zero-order valence-corrected chi connectivity index (χ0v) is 22.0. The number of anilines is 1. The second-order valence-corrected chi connectivity index (χ2v) is 9.86. The zero-order chi connectivity index (χ0) is 26.9. The quantitative estimate of drug-likeness (QED) is 0.207. The first-order chi connectivity index (χ1) is 18.4. The highest BCUT2D eigenvalue weighted by Crippen LogP contribution is 2.28. The summed E-state index contributed by atoms with van der Waals surface area (Å²) in [5, 5.41) is 8.16. The molecule has 0 unspecified atom stereocenters. The summed E-state index contributed by atoms with van der Waals surface area (Å²) in [7, 11) is -1.53. The summed E-state index contributed by atoms with van der Waals surface area (Å²) >= 11 is 1.38. The van der Waals surface area contributed by atoms with Crippen LogP contribution in [0, 0.1) is 0 Å². The molecule has 2 aromatic heterocycles. The van der Waals surface area contributed by atoms with Gasteiger partial charge in [-0.25, -0.2) is 18.2 Å². The third kappa shape index (κ3) is 7.43. The Labute approximate surface area is 225 Å². The number of carbonyl (C=O) groups is 2. The van der Waals surface area contributed by atoms with Gasteiger partial charge in [-0.15, -0.1) is 11.3 Å².